The Morgan fingerprint density at radius 2 is 2.09 bits per heavy atom. The Kier molecular flexibility index (Phi) is 3.94. The molecule has 1 fully saturated rings. The van der Waals surface area contributed by atoms with Gasteiger partial charge >= 0.3 is 0 Å². The summed E-state index contributed by atoms with van der Waals surface area (Å²) in [6.45, 7) is 2.45. The van der Waals surface area contributed by atoms with Gasteiger partial charge in [-0.05, 0) is 36.8 Å². The minimum absolute atomic E-state index is 0.0541. The number of ether oxygens (including phenoxy) is 1. The van der Waals surface area contributed by atoms with Crippen LogP contribution in [0.5, 0.6) is 5.75 Å². The minimum Gasteiger partial charge on any atom is -0.508 e. The summed E-state index contributed by atoms with van der Waals surface area (Å²) in [5.74, 6) is 0.680. The quantitative estimate of drug-likeness (QED) is 0.935. The summed E-state index contributed by atoms with van der Waals surface area (Å²) in [4.78, 5) is 0. The molecule has 0 spiro atoms. The largest absolute Gasteiger partial charge is 0.508 e. The molecule has 1 aromatic heterocycles. The molecule has 118 valence electrons. The molecule has 6 nitrogen and oxygen atoms in total. The zero-order valence-electron chi connectivity index (χ0n) is 12.1. The monoisotopic (exact) mass is 323 g/mol. The summed E-state index contributed by atoms with van der Waals surface area (Å²) in [6, 6.07) is 9.74. The smallest absolute Gasteiger partial charge is 0.276 e. The van der Waals surface area contributed by atoms with Gasteiger partial charge in [-0.3, -0.25) is 0 Å². The van der Waals surface area contributed by atoms with E-state index < -0.39 is 16.1 Å². The number of aromatic hydroxyl groups is 1. The van der Waals surface area contributed by atoms with E-state index in [1.807, 2.05) is 0 Å². The van der Waals surface area contributed by atoms with E-state index in [-0.39, 0.29) is 23.9 Å². The number of hydrogen-bond acceptors (Lipinski definition) is 5. The lowest BCUT2D eigenvalue weighted by atomic mass is 10.1. The van der Waals surface area contributed by atoms with Crippen molar-refractivity contribution >= 4 is 10.0 Å². The van der Waals surface area contributed by atoms with Gasteiger partial charge in [0.25, 0.3) is 10.0 Å². The molecule has 7 heteroatoms. The number of phenolic OH excluding ortho intramolecular Hbond substituents is 1. The summed E-state index contributed by atoms with van der Waals surface area (Å²) >= 11 is 0. The highest BCUT2D eigenvalue weighted by Gasteiger charge is 2.33. The van der Waals surface area contributed by atoms with Crippen LogP contribution in [0.15, 0.2) is 45.9 Å². The van der Waals surface area contributed by atoms with E-state index in [0.717, 1.165) is 5.56 Å². The van der Waals surface area contributed by atoms with Gasteiger partial charge in [-0.2, -0.15) is 4.31 Å². The lowest BCUT2D eigenvalue weighted by molar-refractivity contribution is -0.00302. The highest BCUT2D eigenvalue weighted by atomic mass is 32.2. The maximum Gasteiger partial charge on any atom is 0.276 e. The first kappa shape index (κ1) is 15.1. The van der Waals surface area contributed by atoms with E-state index in [1.165, 1.54) is 10.4 Å². The minimum atomic E-state index is -3.67. The number of morpholine rings is 1. The molecule has 1 aromatic carbocycles. The number of hydrogen-bond donors (Lipinski definition) is 1. The Balaban J connectivity index is 1.84. The number of furan rings is 1. The van der Waals surface area contributed by atoms with Crippen LogP contribution in [0.2, 0.25) is 0 Å². The van der Waals surface area contributed by atoms with Crippen LogP contribution in [0.4, 0.5) is 0 Å². The van der Waals surface area contributed by atoms with Crippen molar-refractivity contribution in [2.75, 3.05) is 19.7 Å². The second kappa shape index (κ2) is 5.75. The zero-order valence-corrected chi connectivity index (χ0v) is 12.9. The van der Waals surface area contributed by atoms with E-state index in [9.17, 15) is 13.5 Å². The molecule has 1 aliphatic heterocycles. The molecule has 1 N–H and O–H groups in total. The Hall–Kier alpha value is -1.83. The number of phenols is 1. The fraction of sp³-hybridized carbons (Fsp3) is 0.333. The number of sulfonamides is 1. The molecule has 1 unspecified atom stereocenters. The SMILES string of the molecule is Cc1ccc(S(=O)(=O)N2CCOC(c3cccc(O)c3)C2)o1. The second-order valence-corrected chi connectivity index (χ2v) is 7.05. The van der Waals surface area contributed by atoms with Crippen molar-refractivity contribution in [1.29, 1.82) is 0 Å². The van der Waals surface area contributed by atoms with Crippen molar-refractivity contribution in [3.05, 3.63) is 47.7 Å². The Morgan fingerprint density at radius 3 is 2.77 bits per heavy atom. The summed E-state index contributed by atoms with van der Waals surface area (Å²) < 4.78 is 37.4. The molecule has 1 saturated heterocycles. The lowest BCUT2D eigenvalue weighted by Crippen LogP contribution is -2.42. The van der Waals surface area contributed by atoms with Crippen molar-refractivity contribution in [2.24, 2.45) is 0 Å². The van der Waals surface area contributed by atoms with E-state index in [0.29, 0.717) is 12.4 Å². The van der Waals surface area contributed by atoms with E-state index in [4.69, 9.17) is 9.15 Å². The Morgan fingerprint density at radius 1 is 1.27 bits per heavy atom. The lowest BCUT2D eigenvalue weighted by Gasteiger charge is -2.31. The van der Waals surface area contributed by atoms with Gasteiger partial charge in [0.05, 0.1) is 12.7 Å². The fourth-order valence-corrected chi connectivity index (χ4v) is 3.83. The molecular formula is C15H17NO5S. The normalized spacial score (nSPS) is 20.1. The van der Waals surface area contributed by atoms with Crippen LogP contribution in [0, 0.1) is 6.92 Å². The van der Waals surface area contributed by atoms with E-state index in [2.05, 4.69) is 0 Å². The van der Waals surface area contributed by atoms with Gasteiger partial charge in [-0.1, -0.05) is 12.1 Å². The first-order chi connectivity index (χ1) is 10.5. The summed E-state index contributed by atoms with van der Waals surface area (Å²) in [5, 5.41) is 9.49. The molecule has 0 bridgehead atoms. The topological polar surface area (TPSA) is 80.0 Å². The van der Waals surface area contributed by atoms with Gasteiger partial charge in [-0.25, -0.2) is 8.42 Å². The molecule has 2 heterocycles. The van der Waals surface area contributed by atoms with Crippen LogP contribution in [-0.2, 0) is 14.8 Å². The first-order valence-electron chi connectivity index (χ1n) is 6.94. The van der Waals surface area contributed by atoms with Gasteiger partial charge in [0, 0.05) is 13.1 Å². The number of rotatable bonds is 3. The first-order valence-corrected chi connectivity index (χ1v) is 8.38. The van der Waals surface area contributed by atoms with Gasteiger partial charge in [-0.15, -0.1) is 0 Å². The maximum absolute atomic E-state index is 12.6. The molecule has 0 radical (unpaired) electrons. The van der Waals surface area contributed by atoms with Gasteiger partial charge in [0.1, 0.15) is 11.5 Å². The van der Waals surface area contributed by atoms with Gasteiger partial charge in [0.15, 0.2) is 0 Å². The average Bonchev–Trinajstić information content (AvgIpc) is 2.95. The van der Waals surface area contributed by atoms with Crippen LogP contribution in [0.1, 0.15) is 17.4 Å². The Bertz CT molecular complexity index is 768. The highest BCUT2D eigenvalue weighted by Crippen LogP contribution is 2.28. The third-order valence-corrected chi connectivity index (χ3v) is 5.32. The van der Waals surface area contributed by atoms with Crippen LogP contribution in [0.3, 0.4) is 0 Å². The van der Waals surface area contributed by atoms with Crippen molar-refractivity contribution in [2.45, 2.75) is 18.1 Å². The molecule has 1 aliphatic rings. The Labute approximate surface area is 129 Å². The van der Waals surface area contributed by atoms with Crippen molar-refractivity contribution < 1.29 is 22.7 Å². The number of nitrogens with zero attached hydrogens (tertiary/aromatic N) is 1. The van der Waals surface area contributed by atoms with Crippen LogP contribution in [-0.4, -0.2) is 37.5 Å². The van der Waals surface area contributed by atoms with Crippen molar-refractivity contribution in [3.8, 4) is 5.75 Å². The molecule has 3 rings (SSSR count). The second-order valence-electron chi connectivity index (χ2n) is 5.18. The molecule has 0 aliphatic carbocycles. The number of aryl methyl sites for hydroxylation is 1. The van der Waals surface area contributed by atoms with Crippen molar-refractivity contribution in [3.63, 3.8) is 0 Å². The van der Waals surface area contributed by atoms with Crippen molar-refractivity contribution in [1.82, 2.24) is 4.31 Å². The summed E-state index contributed by atoms with van der Waals surface area (Å²) in [5.41, 5.74) is 0.746. The average molecular weight is 323 g/mol. The van der Waals surface area contributed by atoms with E-state index >= 15 is 0 Å². The maximum atomic E-state index is 12.6. The van der Waals surface area contributed by atoms with Gasteiger partial charge in [0.2, 0.25) is 5.09 Å². The molecular weight excluding hydrogens is 306 g/mol. The standard InChI is InChI=1S/C15H17NO5S/c1-11-5-6-15(21-11)22(18,19)16-7-8-20-14(10-16)12-3-2-4-13(17)9-12/h2-6,9,14,17H,7-8,10H2,1H3. The molecule has 2 aromatic rings. The molecule has 1 atom stereocenters. The summed E-state index contributed by atoms with van der Waals surface area (Å²) in [7, 11) is -3.67. The third kappa shape index (κ3) is 2.87. The zero-order chi connectivity index (χ0) is 15.7. The molecule has 0 saturated carbocycles. The summed E-state index contributed by atoms with van der Waals surface area (Å²) in [6.07, 6.45) is -0.410. The molecule has 0 amide bonds. The van der Waals surface area contributed by atoms with Crippen LogP contribution < -0.4 is 0 Å². The van der Waals surface area contributed by atoms with Crippen LogP contribution in [0.25, 0.3) is 0 Å². The number of benzene rings is 1. The highest BCUT2D eigenvalue weighted by molar-refractivity contribution is 7.89. The van der Waals surface area contributed by atoms with Crippen LogP contribution >= 0.6 is 0 Å². The van der Waals surface area contributed by atoms with Gasteiger partial charge < -0.3 is 14.3 Å². The predicted octanol–water partition coefficient (Wildman–Crippen LogP) is 2.06. The predicted molar refractivity (Wildman–Crippen MR) is 79.0 cm³/mol. The molecule has 22 heavy (non-hydrogen) atoms. The third-order valence-electron chi connectivity index (χ3n) is 3.58. The van der Waals surface area contributed by atoms with E-state index in [1.54, 1.807) is 37.3 Å². The fourth-order valence-electron chi connectivity index (χ4n) is 2.45.